The van der Waals surface area contributed by atoms with Gasteiger partial charge in [-0.15, -0.1) is 0 Å². The predicted molar refractivity (Wildman–Crippen MR) is 87.5 cm³/mol. The summed E-state index contributed by atoms with van der Waals surface area (Å²) in [6.45, 7) is 1.64. The van der Waals surface area contributed by atoms with Crippen LogP contribution in [0.2, 0.25) is 0 Å². The quantitative estimate of drug-likeness (QED) is 0.421. The number of nitrogens with zero attached hydrogens (tertiary/aromatic N) is 4. The molecule has 0 spiro atoms. The number of benzene rings is 1. The zero-order chi connectivity index (χ0) is 18.1. The summed E-state index contributed by atoms with van der Waals surface area (Å²) in [4.78, 5) is 26.1. The number of carbonyl (C=O) groups excluding carboxylic acids is 1. The van der Waals surface area contributed by atoms with Crippen molar-refractivity contribution in [1.29, 1.82) is 0 Å². The highest BCUT2D eigenvalue weighted by Gasteiger charge is 2.20. The smallest absolute Gasteiger partial charge is 0.390 e. The maximum absolute atomic E-state index is 12.2. The van der Waals surface area contributed by atoms with E-state index in [9.17, 15) is 20.0 Å². The van der Waals surface area contributed by atoms with Crippen molar-refractivity contribution in [2.75, 3.05) is 0 Å². The number of nitrogens with one attached hydrogen (secondary N) is 1. The van der Waals surface area contributed by atoms with Gasteiger partial charge < -0.3 is 24.2 Å². The Kier molecular flexibility index (Phi) is 3.93. The number of nitro groups is 1. The highest BCUT2D eigenvalue weighted by Crippen LogP contribution is 2.32. The lowest BCUT2D eigenvalue weighted by Crippen LogP contribution is -2.18. The van der Waals surface area contributed by atoms with Gasteiger partial charge in [-0.3, -0.25) is 4.79 Å². The molecule has 0 saturated carbocycles. The van der Waals surface area contributed by atoms with Crippen molar-refractivity contribution in [3.05, 3.63) is 51.7 Å². The fraction of sp³-hybridized carbons (Fsp3) is 0.133. The summed E-state index contributed by atoms with van der Waals surface area (Å²) in [7, 11) is 1.56. The molecule has 0 atom stereocenters. The van der Waals surface area contributed by atoms with Crippen molar-refractivity contribution in [1.82, 2.24) is 15.0 Å². The third-order valence-electron chi connectivity index (χ3n) is 3.63. The number of aromatic hydroxyl groups is 1. The fourth-order valence-electron chi connectivity index (χ4n) is 2.42. The van der Waals surface area contributed by atoms with Gasteiger partial charge in [0, 0.05) is 12.6 Å². The van der Waals surface area contributed by atoms with Crippen LogP contribution < -0.4 is 5.43 Å². The zero-order valence-electron chi connectivity index (χ0n) is 13.3. The number of aryl methyl sites for hydroxylation is 2. The van der Waals surface area contributed by atoms with Gasteiger partial charge in [-0.05, 0) is 29.0 Å². The summed E-state index contributed by atoms with van der Waals surface area (Å²) in [6, 6.07) is 4.72. The van der Waals surface area contributed by atoms with E-state index in [2.05, 4.69) is 15.5 Å². The number of phenols is 1. The molecule has 0 aliphatic heterocycles. The summed E-state index contributed by atoms with van der Waals surface area (Å²) in [5, 5.41) is 24.9. The molecule has 10 nitrogen and oxygen atoms in total. The van der Waals surface area contributed by atoms with E-state index in [1.54, 1.807) is 26.1 Å². The molecule has 0 fully saturated rings. The maximum Gasteiger partial charge on any atom is 0.390 e. The summed E-state index contributed by atoms with van der Waals surface area (Å²) < 4.78 is 6.84. The van der Waals surface area contributed by atoms with Crippen LogP contribution >= 0.6 is 0 Å². The Labute approximate surface area is 140 Å². The molecular formula is C15H13N5O5. The van der Waals surface area contributed by atoms with Crippen LogP contribution in [0.3, 0.4) is 0 Å². The lowest BCUT2D eigenvalue weighted by Gasteiger charge is -1.98. The number of phenolic OH excluding ortho intramolecular Hbond substituents is 1. The minimum Gasteiger partial charge on any atom is -0.507 e. The molecule has 0 aliphatic carbocycles. The average Bonchev–Trinajstić information content (AvgIpc) is 3.09. The third-order valence-corrected chi connectivity index (χ3v) is 3.63. The summed E-state index contributed by atoms with van der Waals surface area (Å²) in [5.41, 5.74) is 3.21. The monoisotopic (exact) mass is 343 g/mol. The Morgan fingerprint density at radius 2 is 2.28 bits per heavy atom. The van der Waals surface area contributed by atoms with E-state index in [4.69, 9.17) is 4.42 Å². The lowest BCUT2D eigenvalue weighted by molar-refractivity contribution is -0.389. The Bertz CT molecular complexity index is 1020. The number of rotatable bonds is 4. The number of carbonyl (C=O) groups is 1. The highest BCUT2D eigenvalue weighted by atomic mass is 16.6. The van der Waals surface area contributed by atoms with Gasteiger partial charge >= 0.3 is 11.7 Å². The van der Waals surface area contributed by atoms with Crippen molar-refractivity contribution in [3.63, 3.8) is 0 Å². The van der Waals surface area contributed by atoms with Crippen LogP contribution in [0.15, 0.2) is 34.0 Å². The van der Waals surface area contributed by atoms with Gasteiger partial charge in [0.1, 0.15) is 11.3 Å². The van der Waals surface area contributed by atoms with Gasteiger partial charge in [-0.2, -0.15) is 5.10 Å². The Hall–Kier alpha value is -3.69. The van der Waals surface area contributed by atoms with Crippen LogP contribution in [0.5, 0.6) is 5.75 Å². The predicted octanol–water partition coefficient (Wildman–Crippen LogP) is 1.85. The van der Waals surface area contributed by atoms with E-state index in [0.29, 0.717) is 16.5 Å². The van der Waals surface area contributed by atoms with Crippen LogP contribution in [0.4, 0.5) is 5.82 Å². The molecule has 0 bridgehead atoms. The van der Waals surface area contributed by atoms with Gasteiger partial charge in [-0.25, -0.2) is 5.43 Å². The van der Waals surface area contributed by atoms with Crippen LogP contribution in [-0.2, 0) is 7.05 Å². The minimum atomic E-state index is -0.644. The Morgan fingerprint density at radius 3 is 2.96 bits per heavy atom. The number of imidazole rings is 1. The van der Waals surface area contributed by atoms with Crippen molar-refractivity contribution >= 4 is 28.9 Å². The van der Waals surface area contributed by atoms with Crippen LogP contribution in [0, 0.1) is 17.0 Å². The largest absolute Gasteiger partial charge is 0.507 e. The molecule has 3 aromatic rings. The van der Waals surface area contributed by atoms with Crippen LogP contribution in [0.1, 0.15) is 21.8 Å². The fourth-order valence-corrected chi connectivity index (χ4v) is 2.42. The number of hydrogen-bond donors (Lipinski definition) is 2. The van der Waals surface area contributed by atoms with E-state index in [-0.39, 0.29) is 23.0 Å². The van der Waals surface area contributed by atoms with E-state index in [1.165, 1.54) is 17.0 Å². The zero-order valence-corrected chi connectivity index (χ0v) is 13.3. The molecule has 1 aromatic carbocycles. The molecule has 10 heteroatoms. The molecule has 25 heavy (non-hydrogen) atoms. The van der Waals surface area contributed by atoms with Crippen molar-refractivity contribution in [3.8, 4) is 5.75 Å². The number of hydrogen-bond acceptors (Lipinski definition) is 7. The SMILES string of the molecule is Cc1c(C(=O)N/N=C/c2c([N+](=O)[O-])ncn2C)oc2cccc(O)c12. The number of hydrazone groups is 1. The lowest BCUT2D eigenvalue weighted by atomic mass is 10.1. The average molecular weight is 343 g/mol. The van der Waals surface area contributed by atoms with Gasteiger partial charge in [0.25, 0.3) is 0 Å². The van der Waals surface area contributed by atoms with Crippen LogP contribution in [0.25, 0.3) is 11.0 Å². The summed E-state index contributed by atoms with van der Waals surface area (Å²) in [6.07, 6.45) is 2.39. The second-order valence-electron chi connectivity index (χ2n) is 5.23. The molecule has 0 aliphatic rings. The molecule has 3 rings (SSSR count). The molecule has 2 heterocycles. The minimum absolute atomic E-state index is 0.00631. The van der Waals surface area contributed by atoms with Gasteiger partial charge in [0.2, 0.25) is 6.33 Å². The second-order valence-corrected chi connectivity index (χ2v) is 5.23. The van der Waals surface area contributed by atoms with Gasteiger partial charge in [-0.1, -0.05) is 6.07 Å². The standard InChI is InChI=1S/C15H13N5O5/c1-8-12-10(21)4-3-5-11(12)25-13(8)15(22)18-17-6-9-14(20(23)24)16-7-19(9)2/h3-7,21H,1-2H3,(H,18,22)/b17-6+. The first kappa shape index (κ1) is 16.2. The molecule has 2 aromatic heterocycles. The summed E-state index contributed by atoms with van der Waals surface area (Å²) >= 11 is 0. The number of furan rings is 1. The Balaban J connectivity index is 1.84. The van der Waals surface area contributed by atoms with Gasteiger partial charge in [0.15, 0.2) is 11.5 Å². The molecule has 0 unspecified atom stereocenters. The first-order chi connectivity index (χ1) is 11.9. The summed E-state index contributed by atoms with van der Waals surface area (Å²) in [5.74, 6) is -1.01. The van der Waals surface area contributed by atoms with E-state index >= 15 is 0 Å². The normalized spacial score (nSPS) is 11.3. The van der Waals surface area contributed by atoms with Gasteiger partial charge in [0.05, 0.1) is 11.6 Å². The van der Waals surface area contributed by atoms with Crippen molar-refractivity contribution < 1.29 is 19.2 Å². The van der Waals surface area contributed by atoms with E-state index < -0.39 is 10.8 Å². The molecule has 1 amide bonds. The number of aromatic nitrogens is 2. The molecule has 0 saturated heterocycles. The topological polar surface area (TPSA) is 136 Å². The van der Waals surface area contributed by atoms with Crippen molar-refractivity contribution in [2.45, 2.75) is 6.92 Å². The molecular weight excluding hydrogens is 330 g/mol. The van der Waals surface area contributed by atoms with E-state index in [0.717, 1.165) is 6.21 Å². The first-order valence-electron chi connectivity index (χ1n) is 7.10. The van der Waals surface area contributed by atoms with E-state index in [1.807, 2.05) is 0 Å². The Morgan fingerprint density at radius 1 is 1.52 bits per heavy atom. The molecule has 0 radical (unpaired) electrons. The third kappa shape index (κ3) is 2.80. The molecule has 128 valence electrons. The molecule has 2 N–H and O–H groups in total. The number of fused-ring (bicyclic) bond motifs is 1. The van der Waals surface area contributed by atoms with Crippen molar-refractivity contribution in [2.24, 2.45) is 12.1 Å². The highest BCUT2D eigenvalue weighted by molar-refractivity contribution is 6.00. The maximum atomic E-state index is 12.2. The second kappa shape index (κ2) is 6.07. The van der Waals surface area contributed by atoms with Crippen LogP contribution in [-0.4, -0.2) is 31.7 Å². The number of amides is 1. The first-order valence-corrected chi connectivity index (χ1v) is 7.10.